The molecular weight excluding hydrogens is 156 g/mol. The predicted molar refractivity (Wildman–Crippen MR) is 44.9 cm³/mol. The monoisotopic (exact) mass is 170 g/mol. The predicted octanol–water partition coefficient (Wildman–Crippen LogP) is 1.44. The van der Waals surface area contributed by atoms with Gasteiger partial charge in [0, 0.05) is 13.2 Å². The Balaban J connectivity index is 2.84. The molecule has 0 bridgehead atoms. The fourth-order valence-electron chi connectivity index (χ4n) is 1.54. The highest BCUT2D eigenvalue weighted by Gasteiger charge is 2.40. The summed E-state index contributed by atoms with van der Waals surface area (Å²) in [6, 6.07) is 0. The lowest BCUT2D eigenvalue weighted by atomic mass is 9.75. The van der Waals surface area contributed by atoms with Gasteiger partial charge in [-0.05, 0) is 19.8 Å². The largest absolute Gasteiger partial charge is 0.481 e. The fraction of sp³-hybridized carbons (Fsp3) is 0.667. The Kier molecular flexibility index (Phi) is 2.52. The number of rotatable bonds is 2. The van der Waals surface area contributed by atoms with E-state index in [0.29, 0.717) is 26.1 Å². The Morgan fingerprint density at radius 3 is 2.25 bits per heavy atom. The van der Waals surface area contributed by atoms with Crippen LogP contribution < -0.4 is 0 Å². The first-order chi connectivity index (χ1) is 5.59. The second kappa shape index (κ2) is 3.27. The zero-order valence-electron chi connectivity index (χ0n) is 7.30. The van der Waals surface area contributed by atoms with E-state index in [-0.39, 0.29) is 0 Å². The summed E-state index contributed by atoms with van der Waals surface area (Å²) in [5, 5.41) is 9.04. The van der Waals surface area contributed by atoms with Crippen LogP contribution >= 0.6 is 0 Å². The number of hydrogen-bond donors (Lipinski definition) is 1. The molecule has 1 fully saturated rings. The van der Waals surface area contributed by atoms with E-state index in [9.17, 15) is 4.79 Å². The molecule has 68 valence electrons. The average molecular weight is 170 g/mol. The van der Waals surface area contributed by atoms with Gasteiger partial charge in [-0.2, -0.15) is 0 Å². The maximum Gasteiger partial charge on any atom is 0.313 e. The molecule has 0 amide bonds. The maximum absolute atomic E-state index is 11.0. The van der Waals surface area contributed by atoms with Crippen molar-refractivity contribution in [1.29, 1.82) is 0 Å². The smallest absolute Gasteiger partial charge is 0.313 e. The molecule has 3 nitrogen and oxygen atoms in total. The molecule has 0 aromatic carbocycles. The summed E-state index contributed by atoms with van der Waals surface area (Å²) in [5.41, 5.74) is 0.0106. The van der Waals surface area contributed by atoms with E-state index in [2.05, 4.69) is 6.58 Å². The third-order valence-corrected chi connectivity index (χ3v) is 2.57. The highest BCUT2D eigenvalue weighted by molar-refractivity contribution is 5.78. The minimum atomic E-state index is -0.765. The standard InChI is InChI=1S/C9H14O3/c1-7(2)9(8(10)11)3-5-12-6-4-9/h1,3-6H2,2H3,(H,10,11). The van der Waals surface area contributed by atoms with Gasteiger partial charge in [0.15, 0.2) is 0 Å². The highest BCUT2D eigenvalue weighted by atomic mass is 16.5. The van der Waals surface area contributed by atoms with Crippen LogP contribution in [0.15, 0.2) is 12.2 Å². The zero-order valence-corrected chi connectivity index (χ0v) is 7.30. The van der Waals surface area contributed by atoms with E-state index in [1.165, 1.54) is 0 Å². The van der Waals surface area contributed by atoms with Gasteiger partial charge in [0.2, 0.25) is 0 Å². The quantitative estimate of drug-likeness (QED) is 0.638. The lowest BCUT2D eigenvalue weighted by molar-refractivity contribution is -0.151. The van der Waals surface area contributed by atoms with Crippen LogP contribution in [-0.2, 0) is 9.53 Å². The van der Waals surface area contributed by atoms with Crippen molar-refractivity contribution < 1.29 is 14.6 Å². The molecule has 0 saturated carbocycles. The van der Waals surface area contributed by atoms with Crippen molar-refractivity contribution in [2.45, 2.75) is 19.8 Å². The normalized spacial score (nSPS) is 21.8. The molecule has 0 unspecified atom stereocenters. The third-order valence-electron chi connectivity index (χ3n) is 2.57. The van der Waals surface area contributed by atoms with Crippen molar-refractivity contribution in [3.8, 4) is 0 Å². The van der Waals surface area contributed by atoms with Crippen LogP contribution in [0, 0.1) is 5.41 Å². The van der Waals surface area contributed by atoms with Gasteiger partial charge >= 0.3 is 5.97 Å². The third kappa shape index (κ3) is 1.37. The summed E-state index contributed by atoms with van der Waals surface area (Å²) in [4.78, 5) is 11.0. The Morgan fingerprint density at radius 1 is 1.50 bits per heavy atom. The van der Waals surface area contributed by atoms with Crippen molar-refractivity contribution in [2.24, 2.45) is 5.41 Å². The summed E-state index contributed by atoms with van der Waals surface area (Å²) < 4.78 is 5.12. The van der Waals surface area contributed by atoms with Gasteiger partial charge in [0.1, 0.15) is 0 Å². The van der Waals surface area contributed by atoms with E-state index in [4.69, 9.17) is 9.84 Å². The second-order valence-corrected chi connectivity index (χ2v) is 3.28. The molecule has 1 N–H and O–H groups in total. The summed E-state index contributed by atoms with van der Waals surface area (Å²) in [7, 11) is 0. The zero-order chi connectivity index (χ0) is 9.19. The van der Waals surface area contributed by atoms with Crippen LogP contribution in [0.25, 0.3) is 0 Å². The Labute approximate surface area is 72.0 Å². The van der Waals surface area contributed by atoms with Gasteiger partial charge < -0.3 is 9.84 Å². The van der Waals surface area contributed by atoms with Gasteiger partial charge in [-0.3, -0.25) is 4.79 Å². The van der Waals surface area contributed by atoms with E-state index in [1.54, 1.807) is 6.92 Å². The molecule has 0 atom stereocenters. The minimum absolute atomic E-state index is 0.527. The molecule has 1 aliphatic rings. The number of ether oxygens (including phenoxy) is 1. The van der Waals surface area contributed by atoms with Crippen LogP contribution in [0.2, 0.25) is 0 Å². The van der Waals surface area contributed by atoms with Crippen molar-refractivity contribution >= 4 is 5.97 Å². The lowest BCUT2D eigenvalue weighted by Gasteiger charge is -2.33. The van der Waals surface area contributed by atoms with E-state index >= 15 is 0 Å². The number of carboxylic acids is 1. The van der Waals surface area contributed by atoms with Gasteiger partial charge in [-0.25, -0.2) is 0 Å². The van der Waals surface area contributed by atoms with E-state index in [0.717, 1.165) is 5.57 Å². The average Bonchev–Trinajstić information content (AvgIpc) is 2.05. The molecule has 1 aliphatic heterocycles. The maximum atomic E-state index is 11.0. The Morgan fingerprint density at radius 2 is 2.00 bits per heavy atom. The van der Waals surface area contributed by atoms with Crippen LogP contribution in [0.3, 0.4) is 0 Å². The molecule has 0 aromatic heterocycles. The second-order valence-electron chi connectivity index (χ2n) is 3.28. The van der Waals surface area contributed by atoms with Crippen LogP contribution in [0.4, 0.5) is 0 Å². The number of aliphatic carboxylic acids is 1. The summed E-state index contributed by atoms with van der Waals surface area (Å²) in [6.07, 6.45) is 1.11. The van der Waals surface area contributed by atoms with Crippen LogP contribution in [0.5, 0.6) is 0 Å². The van der Waals surface area contributed by atoms with E-state index < -0.39 is 11.4 Å². The van der Waals surface area contributed by atoms with Gasteiger partial charge in [0.25, 0.3) is 0 Å². The van der Waals surface area contributed by atoms with E-state index in [1.807, 2.05) is 0 Å². The summed E-state index contributed by atoms with van der Waals surface area (Å²) >= 11 is 0. The molecule has 0 aromatic rings. The van der Waals surface area contributed by atoms with Crippen molar-refractivity contribution in [2.75, 3.05) is 13.2 Å². The molecule has 1 saturated heterocycles. The Bertz CT molecular complexity index is 186. The molecule has 1 heterocycles. The molecule has 1 rings (SSSR count). The van der Waals surface area contributed by atoms with Gasteiger partial charge in [0.05, 0.1) is 5.41 Å². The molecule has 12 heavy (non-hydrogen) atoms. The SMILES string of the molecule is C=C(C)C1(C(=O)O)CCOCC1. The first-order valence-corrected chi connectivity index (χ1v) is 4.07. The number of carbonyl (C=O) groups is 1. The topological polar surface area (TPSA) is 46.5 Å². The van der Waals surface area contributed by atoms with Crippen molar-refractivity contribution in [3.63, 3.8) is 0 Å². The fourth-order valence-corrected chi connectivity index (χ4v) is 1.54. The summed E-state index contributed by atoms with van der Waals surface area (Å²) in [5.74, 6) is -0.765. The highest BCUT2D eigenvalue weighted by Crippen LogP contribution is 2.37. The first-order valence-electron chi connectivity index (χ1n) is 4.07. The van der Waals surface area contributed by atoms with Crippen molar-refractivity contribution in [1.82, 2.24) is 0 Å². The van der Waals surface area contributed by atoms with Crippen LogP contribution in [-0.4, -0.2) is 24.3 Å². The van der Waals surface area contributed by atoms with Crippen LogP contribution in [0.1, 0.15) is 19.8 Å². The Hall–Kier alpha value is -0.830. The number of hydrogen-bond acceptors (Lipinski definition) is 2. The molecular formula is C9H14O3. The molecule has 0 spiro atoms. The van der Waals surface area contributed by atoms with Crippen molar-refractivity contribution in [3.05, 3.63) is 12.2 Å². The molecule has 0 aliphatic carbocycles. The minimum Gasteiger partial charge on any atom is -0.481 e. The summed E-state index contributed by atoms with van der Waals surface area (Å²) in [6.45, 7) is 6.57. The lowest BCUT2D eigenvalue weighted by Crippen LogP contribution is -2.37. The number of carboxylic acid groups (broad SMARTS) is 1. The molecule has 0 radical (unpaired) electrons. The van der Waals surface area contributed by atoms with Gasteiger partial charge in [-0.1, -0.05) is 12.2 Å². The molecule has 3 heteroatoms. The van der Waals surface area contributed by atoms with Gasteiger partial charge in [-0.15, -0.1) is 0 Å². The first kappa shape index (κ1) is 9.26.